The van der Waals surface area contributed by atoms with Crippen LogP contribution < -0.4 is 5.73 Å². The summed E-state index contributed by atoms with van der Waals surface area (Å²) in [6, 6.07) is 5.72. The number of aromatic nitrogens is 3. The Bertz CT molecular complexity index is 738. The number of primary amides is 1. The lowest BCUT2D eigenvalue weighted by atomic mass is 10.3. The van der Waals surface area contributed by atoms with Gasteiger partial charge in [0.15, 0.2) is 0 Å². The SMILES string of the molecule is Cn1ccc2cc(-n3ccc(C(N)=O)c3)cnc21. The van der Waals surface area contributed by atoms with E-state index in [2.05, 4.69) is 4.98 Å². The van der Waals surface area contributed by atoms with E-state index in [9.17, 15) is 4.79 Å². The molecule has 1 amide bonds. The Morgan fingerprint density at radius 1 is 1.33 bits per heavy atom. The minimum atomic E-state index is -0.428. The van der Waals surface area contributed by atoms with Crippen molar-refractivity contribution < 1.29 is 4.79 Å². The van der Waals surface area contributed by atoms with Gasteiger partial charge >= 0.3 is 0 Å². The van der Waals surface area contributed by atoms with Crippen LogP contribution in [0.2, 0.25) is 0 Å². The summed E-state index contributed by atoms with van der Waals surface area (Å²) >= 11 is 0. The standard InChI is InChI=1S/C13H12N4O/c1-16-4-2-9-6-11(7-15-13(9)16)17-5-3-10(8-17)12(14)18/h2-8H,1H3,(H2,14,18). The van der Waals surface area contributed by atoms with E-state index in [-0.39, 0.29) is 0 Å². The Morgan fingerprint density at radius 3 is 2.89 bits per heavy atom. The molecule has 0 spiro atoms. The van der Waals surface area contributed by atoms with Crippen LogP contribution in [-0.4, -0.2) is 20.0 Å². The number of hydrogen-bond acceptors (Lipinski definition) is 2. The Kier molecular flexibility index (Phi) is 2.19. The van der Waals surface area contributed by atoms with Crippen molar-refractivity contribution in [3.63, 3.8) is 0 Å². The molecule has 0 aliphatic rings. The van der Waals surface area contributed by atoms with Gasteiger partial charge in [-0.25, -0.2) is 4.98 Å². The lowest BCUT2D eigenvalue weighted by Gasteiger charge is -2.02. The van der Waals surface area contributed by atoms with Gasteiger partial charge in [-0.1, -0.05) is 0 Å². The topological polar surface area (TPSA) is 65.8 Å². The van der Waals surface area contributed by atoms with Crippen molar-refractivity contribution in [3.05, 3.63) is 48.5 Å². The molecule has 0 bridgehead atoms. The second-order valence-electron chi connectivity index (χ2n) is 4.20. The summed E-state index contributed by atoms with van der Waals surface area (Å²) in [6.07, 6.45) is 7.24. The molecule has 0 saturated carbocycles. The maximum absolute atomic E-state index is 11.1. The van der Waals surface area contributed by atoms with Gasteiger partial charge in [-0.15, -0.1) is 0 Å². The third-order valence-corrected chi connectivity index (χ3v) is 2.97. The summed E-state index contributed by atoms with van der Waals surface area (Å²) in [5.41, 5.74) is 7.55. The first-order valence-corrected chi connectivity index (χ1v) is 5.54. The molecular formula is C13H12N4O. The first kappa shape index (κ1) is 10.6. The molecule has 0 radical (unpaired) electrons. The first-order chi connectivity index (χ1) is 8.65. The van der Waals surface area contributed by atoms with E-state index in [0.29, 0.717) is 5.56 Å². The molecule has 0 saturated heterocycles. The molecule has 3 aromatic heterocycles. The monoisotopic (exact) mass is 240 g/mol. The van der Waals surface area contributed by atoms with Crippen LogP contribution in [0.15, 0.2) is 43.0 Å². The molecule has 0 aromatic carbocycles. The van der Waals surface area contributed by atoms with Crippen LogP contribution >= 0.6 is 0 Å². The summed E-state index contributed by atoms with van der Waals surface area (Å²) < 4.78 is 3.79. The molecule has 5 heteroatoms. The quantitative estimate of drug-likeness (QED) is 0.737. The zero-order valence-electron chi connectivity index (χ0n) is 9.87. The number of carbonyl (C=O) groups is 1. The molecule has 0 fully saturated rings. The minimum Gasteiger partial charge on any atom is -0.366 e. The number of hydrogen-bond donors (Lipinski definition) is 1. The third kappa shape index (κ3) is 1.57. The Morgan fingerprint density at radius 2 is 2.17 bits per heavy atom. The van der Waals surface area contributed by atoms with Gasteiger partial charge in [-0.3, -0.25) is 4.79 Å². The predicted molar refractivity (Wildman–Crippen MR) is 68.6 cm³/mol. The fourth-order valence-electron chi connectivity index (χ4n) is 1.99. The normalized spacial score (nSPS) is 10.9. The van der Waals surface area contributed by atoms with Crippen LogP contribution in [-0.2, 0) is 7.05 Å². The van der Waals surface area contributed by atoms with Crippen molar-refractivity contribution in [2.75, 3.05) is 0 Å². The van der Waals surface area contributed by atoms with E-state index < -0.39 is 5.91 Å². The summed E-state index contributed by atoms with van der Waals surface area (Å²) in [4.78, 5) is 15.4. The molecule has 5 nitrogen and oxygen atoms in total. The molecule has 18 heavy (non-hydrogen) atoms. The third-order valence-electron chi connectivity index (χ3n) is 2.97. The van der Waals surface area contributed by atoms with E-state index in [0.717, 1.165) is 16.7 Å². The molecule has 0 atom stereocenters. The zero-order chi connectivity index (χ0) is 12.7. The summed E-state index contributed by atoms with van der Waals surface area (Å²) in [5, 5.41) is 1.06. The van der Waals surface area contributed by atoms with Gasteiger partial charge < -0.3 is 14.9 Å². The maximum atomic E-state index is 11.1. The molecule has 3 heterocycles. The van der Waals surface area contributed by atoms with Gasteiger partial charge in [0.25, 0.3) is 0 Å². The molecule has 3 aromatic rings. The van der Waals surface area contributed by atoms with Crippen molar-refractivity contribution in [2.24, 2.45) is 12.8 Å². The fraction of sp³-hybridized carbons (Fsp3) is 0.0769. The highest BCUT2D eigenvalue weighted by Gasteiger charge is 2.06. The lowest BCUT2D eigenvalue weighted by molar-refractivity contribution is 0.100. The number of rotatable bonds is 2. The number of nitrogens with zero attached hydrogens (tertiary/aromatic N) is 3. The van der Waals surface area contributed by atoms with Crippen LogP contribution in [0, 0.1) is 0 Å². The fourth-order valence-corrected chi connectivity index (χ4v) is 1.99. The molecule has 3 rings (SSSR count). The van der Waals surface area contributed by atoms with Gasteiger partial charge in [0, 0.05) is 31.0 Å². The van der Waals surface area contributed by atoms with E-state index in [1.807, 2.05) is 34.5 Å². The molecule has 0 unspecified atom stereocenters. The lowest BCUT2D eigenvalue weighted by Crippen LogP contribution is -2.09. The zero-order valence-corrected chi connectivity index (χ0v) is 9.87. The Labute approximate surface area is 103 Å². The first-order valence-electron chi connectivity index (χ1n) is 5.54. The second-order valence-corrected chi connectivity index (χ2v) is 4.20. The molecular weight excluding hydrogens is 228 g/mol. The highest BCUT2D eigenvalue weighted by molar-refractivity contribution is 5.92. The molecule has 90 valence electrons. The van der Waals surface area contributed by atoms with Gasteiger partial charge in [0.05, 0.1) is 17.4 Å². The van der Waals surface area contributed by atoms with Crippen molar-refractivity contribution in [1.29, 1.82) is 0 Å². The molecule has 0 aliphatic heterocycles. The summed E-state index contributed by atoms with van der Waals surface area (Å²) in [6.45, 7) is 0. The number of amides is 1. The second kappa shape index (κ2) is 3.73. The van der Waals surface area contributed by atoms with Crippen LogP contribution in [0.3, 0.4) is 0 Å². The van der Waals surface area contributed by atoms with E-state index in [4.69, 9.17) is 5.73 Å². The Hall–Kier alpha value is -2.56. The van der Waals surface area contributed by atoms with E-state index in [1.54, 1.807) is 24.7 Å². The minimum absolute atomic E-state index is 0.428. The average Bonchev–Trinajstić information content (AvgIpc) is 2.96. The van der Waals surface area contributed by atoms with E-state index in [1.165, 1.54) is 0 Å². The molecule has 0 aliphatic carbocycles. The van der Waals surface area contributed by atoms with Crippen LogP contribution in [0.4, 0.5) is 0 Å². The number of fused-ring (bicyclic) bond motifs is 1. The Balaban J connectivity index is 2.10. The van der Waals surface area contributed by atoms with Crippen LogP contribution in [0.1, 0.15) is 10.4 Å². The number of pyridine rings is 1. The van der Waals surface area contributed by atoms with Gasteiger partial charge in [0.1, 0.15) is 5.65 Å². The summed E-state index contributed by atoms with van der Waals surface area (Å²) in [5.74, 6) is -0.428. The average molecular weight is 240 g/mol. The van der Waals surface area contributed by atoms with Crippen molar-refractivity contribution >= 4 is 16.9 Å². The maximum Gasteiger partial charge on any atom is 0.250 e. The smallest absolute Gasteiger partial charge is 0.250 e. The van der Waals surface area contributed by atoms with Crippen LogP contribution in [0.25, 0.3) is 16.7 Å². The van der Waals surface area contributed by atoms with Gasteiger partial charge in [0.2, 0.25) is 5.91 Å². The van der Waals surface area contributed by atoms with Gasteiger partial charge in [-0.2, -0.15) is 0 Å². The number of nitrogens with two attached hydrogens (primary N) is 1. The summed E-state index contributed by atoms with van der Waals surface area (Å²) in [7, 11) is 1.95. The number of carbonyl (C=O) groups excluding carboxylic acids is 1. The van der Waals surface area contributed by atoms with Crippen molar-refractivity contribution in [1.82, 2.24) is 14.1 Å². The van der Waals surface area contributed by atoms with E-state index >= 15 is 0 Å². The predicted octanol–water partition coefficient (Wildman–Crippen LogP) is 1.46. The largest absolute Gasteiger partial charge is 0.366 e. The highest BCUT2D eigenvalue weighted by atomic mass is 16.1. The molecule has 2 N–H and O–H groups in total. The number of aryl methyl sites for hydroxylation is 1. The van der Waals surface area contributed by atoms with Gasteiger partial charge in [-0.05, 0) is 18.2 Å². The highest BCUT2D eigenvalue weighted by Crippen LogP contribution is 2.17. The van der Waals surface area contributed by atoms with Crippen molar-refractivity contribution in [3.8, 4) is 5.69 Å². The van der Waals surface area contributed by atoms with Crippen molar-refractivity contribution in [2.45, 2.75) is 0 Å². The van der Waals surface area contributed by atoms with Crippen LogP contribution in [0.5, 0.6) is 0 Å².